The lowest BCUT2D eigenvalue weighted by Crippen LogP contribution is -2.34. The van der Waals surface area contributed by atoms with Crippen LogP contribution in [0.1, 0.15) is 19.8 Å². The lowest BCUT2D eigenvalue weighted by atomic mass is 10.2. The van der Waals surface area contributed by atoms with Gasteiger partial charge >= 0.3 is 0 Å². The minimum Gasteiger partial charge on any atom is -0.397 e. The fraction of sp³-hybridized carbons (Fsp3) is 0.538. The van der Waals surface area contributed by atoms with Gasteiger partial charge in [-0.3, -0.25) is 4.90 Å². The van der Waals surface area contributed by atoms with Crippen LogP contribution in [-0.2, 0) is 0 Å². The van der Waals surface area contributed by atoms with Crippen LogP contribution in [0.25, 0.3) is 0 Å². The van der Waals surface area contributed by atoms with Crippen molar-refractivity contribution < 1.29 is 4.39 Å². The van der Waals surface area contributed by atoms with Crippen molar-refractivity contribution in [3.63, 3.8) is 0 Å². The number of nitrogen functional groups attached to an aromatic ring is 1. The van der Waals surface area contributed by atoms with Gasteiger partial charge in [0.25, 0.3) is 0 Å². The second-order valence-electron chi connectivity index (χ2n) is 4.54. The first-order chi connectivity index (χ1) is 8.20. The number of halogens is 1. The zero-order valence-corrected chi connectivity index (χ0v) is 10.2. The summed E-state index contributed by atoms with van der Waals surface area (Å²) in [6.07, 6.45) is 2.49. The number of rotatable bonds is 4. The molecule has 0 spiro atoms. The van der Waals surface area contributed by atoms with Gasteiger partial charge in [0.05, 0.1) is 11.4 Å². The third-order valence-electron chi connectivity index (χ3n) is 3.45. The molecule has 3 nitrogen and oxygen atoms in total. The predicted octanol–water partition coefficient (Wildman–Crippen LogP) is 2.30. The third kappa shape index (κ3) is 2.88. The molecule has 1 aliphatic heterocycles. The van der Waals surface area contributed by atoms with Crippen LogP contribution in [0.15, 0.2) is 18.2 Å². The van der Waals surface area contributed by atoms with Gasteiger partial charge in [-0.15, -0.1) is 0 Å². The van der Waals surface area contributed by atoms with Gasteiger partial charge < -0.3 is 11.1 Å². The first kappa shape index (κ1) is 12.2. The Morgan fingerprint density at radius 3 is 3.06 bits per heavy atom. The Morgan fingerprint density at radius 2 is 2.35 bits per heavy atom. The molecule has 1 saturated heterocycles. The highest BCUT2D eigenvalue weighted by molar-refractivity contribution is 5.65. The summed E-state index contributed by atoms with van der Waals surface area (Å²) in [5.74, 6) is -0.288. The zero-order chi connectivity index (χ0) is 12.3. The normalized spacial score (nSPS) is 20.7. The van der Waals surface area contributed by atoms with Crippen molar-refractivity contribution >= 4 is 11.4 Å². The van der Waals surface area contributed by atoms with E-state index in [1.807, 2.05) is 0 Å². The molecule has 1 aliphatic rings. The molecular weight excluding hydrogens is 217 g/mol. The van der Waals surface area contributed by atoms with Gasteiger partial charge in [-0.1, -0.05) is 6.92 Å². The van der Waals surface area contributed by atoms with Crippen LogP contribution in [0.5, 0.6) is 0 Å². The molecule has 4 heteroatoms. The highest BCUT2D eigenvalue weighted by atomic mass is 19.1. The van der Waals surface area contributed by atoms with Gasteiger partial charge in [0.1, 0.15) is 5.82 Å². The van der Waals surface area contributed by atoms with E-state index in [1.165, 1.54) is 31.5 Å². The summed E-state index contributed by atoms with van der Waals surface area (Å²) in [7, 11) is 0. The van der Waals surface area contributed by atoms with Crippen LogP contribution < -0.4 is 11.1 Å². The summed E-state index contributed by atoms with van der Waals surface area (Å²) in [6, 6.07) is 5.07. The molecule has 0 aromatic heterocycles. The smallest absolute Gasteiger partial charge is 0.125 e. The molecule has 0 saturated carbocycles. The first-order valence-electron chi connectivity index (χ1n) is 6.23. The lowest BCUT2D eigenvalue weighted by molar-refractivity contribution is 0.277. The van der Waals surface area contributed by atoms with Gasteiger partial charge in [0, 0.05) is 12.6 Å². The number of nitrogens with two attached hydrogens (primary N) is 1. The number of anilines is 2. The van der Waals surface area contributed by atoms with Crippen LogP contribution in [-0.4, -0.2) is 30.6 Å². The second kappa shape index (κ2) is 5.36. The quantitative estimate of drug-likeness (QED) is 0.790. The Morgan fingerprint density at radius 1 is 1.53 bits per heavy atom. The maximum atomic E-state index is 12.9. The molecule has 1 heterocycles. The van der Waals surface area contributed by atoms with Crippen molar-refractivity contribution in [1.82, 2.24) is 4.90 Å². The molecule has 94 valence electrons. The van der Waals surface area contributed by atoms with Crippen LogP contribution in [0.3, 0.4) is 0 Å². The van der Waals surface area contributed by atoms with Crippen molar-refractivity contribution in [2.75, 3.05) is 30.7 Å². The molecule has 3 N–H and O–H groups in total. The van der Waals surface area contributed by atoms with E-state index in [1.54, 1.807) is 6.07 Å². The van der Waals surface area contributed by atoms with E-state index >= 15 is 0 Å². The van der Waals surface area contributed by atoms with Crippen molar-refractivity contribution in [2.24, 2.45) is 0 Å². The number of nitrogens with zero attached hydrogens (tertiary/aromatic N) is 1. The van der Waals surface area contributed by atoms with Crippen molar-refractivity contribution in [3.8, 4) is 0 Å². The Bertz CT molecular complexity index is 381. The molecule has 1 unspecified atom stereocenters. The highest BCUT2D eigenvalue weighted by Gasteiger charge is 2.22. The van der Waals surface area contributed by atoms with Crippen LogP contribution in [0, 0.1) is 5.82 Å². The van der Waals surface area contributed by atoms with E-state index in [2.05, 4.69) is 17.1 Å². The van der Waals surface area contributed by atoms with Gasteiger partial charge in [-0.05, 0) is 44.1 Å². The van der Waals surface area contributed by atoms with Gasteiger partial charge in [-0.2, -0.15) is 0 Å². The molecule has 0 bridgehead atoms. The maximum absolute atomic E-state index is 12.9. The topological polar surface area (TPSA) is 41.3 Å². The van der Waals surface area contributed by atoms with Crippen LogP contribution in [0.4, 0.5) is 15.8 Å². The van der Waals surface area contributed by atoms with E-state index < -0.39 is 0 Å². The van der Waals surface area contributed by atoms with Gasteiger partial charge in [0.15, 0.2) is 0 Å². The number of likely N-dealkylation sites (tertiary alicyclic amines) is 1. The molecule has 1 atom stereocenters. The van der Waals surface area contributed by atoms with Crippen LogP contribution >= 0.6 is 0 Å². The molecule has 0 aliphatic carbocycles. The number of nitrogens with one attached hydrogen (secondary N) is 1. The Kier molecular flexibility index (Phi) is 3.84. The monoisotopic (exact) mass is 237 g/mol. The summed E-state index contributed by atoms with van der Waals surface area (Å²) >= 11 is 0. The molecule has 1 aromatic carbocycles. The van der Waals surface area contributed by atoms with E-state index in [4.69, 9.17) is 5.73 Å². The molecule has 1 aromatic rings. The molecule has 0 amide bonds. The SMILES string of the molecule is CCN1CCCC1CNc1ccc(F)cc1N. The third-order valence-corrected chi connectivity index (χ3v) is 3.45. The van der Waals surface area contributed by atoms with Crippen molar-refractivity contribution in [3.05, 3.63) is 24.0 Å². The summed E-state index contributed by atoms with van der Waals surface area (Å²) in [6.45, 7) is 5.33. The average molecular weight is 237 g/mol. The fourth-order valence-electron chi connectivity index (χ4n) is 2.46. The molecular formula is C13H20FN3. The molecule has 0 radical (unpaired) electrons. The van der Waals surface area contributed by atoms with Crippen molar-refractivity contribution in [2.45, 2.75) is 25.8 Å². The van der Waals surface area contributed by atoms with Gasteiger partial charge in [0.2, 0.25) is 0 Å². The Balaban J connectivity index is 1.93. The summed E-state index contributed by atoms with van der Waals surface area (Å²) in [5, 5.41) is 3.31. The number of likely N-dealkylation sites (N-methyl/N-ethyl adjacent to an activating group) is 1. The predicted molar refractivity (Wildman–Crippen MR) is 69.6 cm³/mol. The number of benzene rings is 1. The maximum Gasteiger partial charge on any atom is 0.125 e. The van der Waals surface area contributed by atoms with E-state index in [0.29, 0.717) is 11.7 Å². The largest absolute Gasteiger partial charge is 0.397 e. The Hall–Kier alpha value is -1.29. The minimum atomic E-state index is -0.288. The molecule has 17 heavy (non-hydrogen) atoms. The molecule has 2 rings (SSSR count). The summed E-state index contributed by atoms with van der Waals surface area (Å²) in [4.78, 5) is 2.46. The second-order valence-corrected chi connectivity index (χ2v) is 4.54. The lowest BCUT2D eigenvalue weighted by Gasteiger charge is -2.23. The van der Waals surface area contributed by atoms with E-state index in [-0.39, 0.29) is 5.82 Å². The number of hydrogen-bond donors (Lipinski definition) is 2. The fourth-order valence-corrected chi connectivity index (χ4v) is 2.46. The number of hydrogen-bond acceptors (Lipinski definition) is 3. The standard InChI is InChI=1S/C13H20FN3/c1-2-17-7-3-4-11(17)9-16-13-6-5-10(14)8-12(13)15/h5-6,8,11,16H,2-4,7,9,15H2,1H3. The first-order valence-corrected chi connectivity index (χ1v) is 6.23. The highest BCUT2D eigenvalue weighted by Crippen LogP contribution is 2.21. The zero-order valence-electron chi connectivity index (χ0n) is 10.2. The Labute approximate surface area is 102 Å². The van der Waals surface area contributed by atoms with Crippen LogP contribution in [0.2, 0.25) is 0 Å². The van der Waals surface area contributed by atoms with E-state index in [0.717, 1.165) is 18.8 Å². The summed E-state index contributed by atoms with van der Waals surface area (Å²) < 4.78 is 12.9. The van der Waals surface area contributed by atoms with Crippen molar-refractivity contribution in [1.29, 1.82) is 0 Å². The minimum absolute atomic E-state index is 0.288. The summed E-state index contributed by atoms with van der Waals surface area (Å²) in [5.41, 5.74) is 7.06. The van der Waals surface area contributed by atoms with E-state index in [9.17, 15) is 4.39 Å². The van der Waals surface area contributed by atoms with Gasteiger partial charge in [-0.25, -0.2) is 4.39 Å². The average Bonchev–Trinajstić information content (AvgIpc) is 2.75. The molecule has 1 fully saturated rings.